The number of hydrogen-bond acceptors (Lipinski definition) is 6. The van der Waals surface area contributed by atoms with Crippen LogP contribution in [0.4, 0.5) is 11.8 Å². The Morgan fingerprint density at radius 1 is 1.12 bits per heavy atom. The summed E-state index contributed by atoms with van der Waals surface area (Å²) in [7, 11) is 0. The number of nitrogens with one attached hydrogen (secondary N) is 2. The molecule has 1 unspecified atom stereocenters. The fraction of sp³-hybridized carbons (Fsp3) is 0.278. The van der Waals surface area contributed by atoms with Crippen LogP contribution in [0.1, 0.15) is 12.8 Å². The van der Waals surface area contributed by atoms with Crippen LogP contribution < -0.4 is 10.2 Å². The number of carbonyl (C=O) groups is 1. The van der Waals surface area contributed by atoms with E-state index in [0.29, 0.717) is 24.1 Å². The lowest BCUT2D eigenvalue weighted by Crippen LogP contribution is -2.41. The van der Waals surface area contributed by atoms with E-state index in [0.717, 1.165) is 25.1 Å². The maximum absolute atomic E-state index is 12.6. The monoisotopic (exact) mass is 349 g/mol. The van der Waals surface area contributed by atoms with Crippen molar-refractivity contribution in [3.63, 3.8) is 0 Å². The van der Waals surface area contributed by atoms with Gasteiger partial charge in [0.15, 0.2) is 5.82 Å². The molecule has 4 heterocycles. The van der Waals surface area contributed by atoms with Crippen LogP contribution in [-0.4, -0.2) is 43.9 Å². The van der Waals surface area contributed by atoms with Gasteiger partial charge in [-0.05, 0) is 31.0 Å². The number of anilines is 2. The Morgan fingerprint density at radius 2 is 1.96 bits per heavy atom. The van der Waals surface area contributed by atoms with Crippen LogP contribution in [0.15, 0.2) is 49.1 Å². The van der Waals surface area contributed by atoms with Crippen molar-refractivity contribution in [2.24, 2.45) is 5.92 Å². The first kappa shape index (κ1) is 16.2. The van der Waals surface area contributed by atoms with Gasteiger partial charge in [-0.15, -0.1) is 0 Å². The summed E-state index contributed by atoms with van der Waals surface area (Å²) in [6.07, 6.45) is 8.53. The molecule has 1 amide bonds. The minimum Gasteiger partial charge on any atom is -0.340 e. The Balaban J connectivity index is 1.41. The van der Waals surface area contributed by atoms with Crippen LogP contribution in [0.25, 0.3) is 11.5 Å². The number of carbonyl (C=O) groups excluding carboxylic acids is 1. The molecule has 0 saturated carbocycles. The number of aromatic nitrogens is 5. The quantitative estimate of drug-likeness (QED) is 0.748. The molecule has 8 heteroatoms. The van der Waals surface area contributed by atoms with Gasteiger partial charge in [-0.2, -0.15) is 0 Å². The Bertz CT molecular complexity index is 866. The summed E-state index contributed by atoms with van der Waals surface area (Å²) >= 11 is 0. The first-order valence-corrected chi connectivity index (χ1v) is 8.59. The van der Waals surface area contributed by atoms with Crippen LogP contribution in [0, 0.1) is 5.92 Å². The molecule has 0 bridgehead atoms. The molecule has 132 valence electrons. The summed E-state index contributed by atoms with van der Waals surface area (Å²) < 4.78 is 0. The van der Waals surface area contributed by atoms with Gasteiger partial charge in [-0.1, -0.05) is 6.07 Å². The van der Waals surface area contributed by atoms with Crippen molar-refractivity contribution in [3.05, 3.63) is 49.1 Å². The van der Waals surface area contributed by atoms with Crippen molar-refractivity contribution in [1.29, 1.82) is 0 Å². The molecule has 0 radical (unpaired) electrons. The normalized spacial score (nSPS) is 17.1. The van der Waals surface area contributed by atoms with E-state index in [-0.39, 0.29) is 11.8 Å². The Morgan fingerprint density at radius 3 is 2.77 bits per heavy atom. The number of aromatic amines is 1. The van der Waals surface area contributed by atoms with Crippen LogP contribution in [0.5, 0.6) is 0 Å². The number of imidazole rings is 1. The Hall–Kier alpha value is -3.29. The number of amides is 1. The van der Waals surface area contributed by atoms with Crippen LogP contribution in [-0.2, 0) is 4.79 Å². The molecule has 0 aliphatic carbocycles. The van der Waals surface area contributed by atoms with Gasteiger partial charge < -0.3 is 15.2 Å². The van der Waals surface area contributed by atoms with Crippen molar-refractivity contribution in [2.75, 3.05) is 23.3 Å². The SMILES string of the molecule is O=C(Nc1cnc(-c2ccccn2)[nH]1)C1CCCN(c2ncccn2)C1. The largest absolute Gasteiger partial charge is 0.340 e. The van der Waals surface area contributed by atoms with Crippen molar-refractivity contribution in [2.45, 2.75) is 12.8 Å². The zero-order chi connectivity index (χ0) is 17.8. The number of nitrogens with zero attached hydrogens (tertiary/aromatic N) is 5. The molecule has 1 aliphatic heterocycles. The summed E-state index contributed by atoms with van der Waals surface area (Å²) in [5, 5.41) is 2.92. The van der Waals surface area contributed by atoms with E-state index in [4.69, 9.17) is 0 Å². The third-order valence-electron chi connectivity index (χ3n) is 4.37. The van der Waals surface area contributed by atoms with Crippen molar-refractivity contribution in [3.8, 4) is 11.5 Å². The lowest BCUT2D eigenvalue weighted by atomic mass is 9.97. The highest BCUT2D eigenvalue weighted by Crippen LogP contribution is 2.22. The van der Waals surface area contributed by atoms with Gasteiger partial charge in [0.25, 0.3) is 0 Å². The average molecular weight is 349 g/mol. The average Bonchev–Trinajstić information content (AvgIpc) is 3.18. The highest BCUT2D eigenvalue weighted by atomic mass is 16.2. The van der Waals surface area contributed by atoms with Gasteiger partial charge in [-0.25, -0.2) is 15.0 Å². The van der Waals surface area contributed by atoms with E-state index in [9.17, 15) is 4.79 Å². The summed E-state index contributed by atoms with van der Waals surface area (Å²) in [6, 6.07) is 7.39. The third kappa shape index (κ3) is 3.53. The minimum atomic E-state index is -0.117. The fourth-order valence-electron chi connectivity index (χ4n) is 3.08. The van der Waals surface area contributed by atoms with Gasteiger partial charge in [0.05, 0.1) is 12.1 Å². The Labute approximate surface area is 150 Å². The minimum absolute atomic E-state index is 0.0261. The van der Waals surface area contributed by atoms with Crippen LogP contribution in [0.3, 0.4) is 0 Å². The molecular formula is C18H19N7O. The number of hydrogen-bond donors (Lipinski definition) is 2. The van der Waals surface area contributed by atoms with Gasteiger partial charge in [0.1, 0.15) is 11.5 Å². The molecule has 3 aromatic rings. The van der Waals surface area contributed by atoms with E-state index in [2.05, 4.69) is 35.1 Å². The second kappa shape index (κ2) is 7.30. The van der Waals surface area contributed by atoms with E-state index in [1.807, 2.05) is 18.2 Å². The molecule has 8 nitrogen and oxygen atoms in total. The maximum Gasteiger partial charge on any atom is 0.230 e. The standard InChI is InChI=1S/C18H19N7O/c26-17(13-5-3-10-25(12-13)18-20-8-4-9-21-18)24-15-11-22-16(23-15)14-6-1-2-7-19-14/h1-2,4,6-9,11,13H,3,5,10,12H2,(H,22,23)(H,24,26). The maximum atomic E-state index is 12.6. The zero-order valence-corrected chi connectivity index (χ0v) is 14.2. The second-order valence-corrected chi connectivity index (χ2v) is 6.18. The smallest absolute Gasteiger partial charge is 0.230 e. The summed E-state index contributed by atoms with van der Waals surface area (Å²) in [5.74, 6) is 1.73. The molecule has 0 aromatic carbocycles. The third-order valence-corrected chi connectivity index (χ3v) is 4.37. The zero-order valence-electron chi connectivity index (χ0n) is 14.2. The lowest BCUT2D eigenvalue weighted by molar-refractivity contribution is -0.120. The molecule has 4 rings (SSSR count). The topological polar surface area (TPSA) is 99.7 Å². The van der Waals surface area contributed by atoms with Crippen LogP contribution in [0.2, 0.25) is 0 Å². The van der Waals surface area contributed by atoms with Crippen molar-refractivity contribution in [1.82, 2.24) is 24.9 Å². The highest BCUT2D eigenvalue weighted by Gasteiger charge is 2.27. The first-order chi connectivity index (χ1) is 12.8. The van der Waals surface area contributed by atoms with E-state index in [1.54, 1.807) is 30.9 Å². The van der Waals surface area contributed by atoms with Gasteiger partial charge >= 0.3 is 0 Å². The molecule has 1 saturated heterocycles. The number of H-pyrrole nitrogens is 1. The Kier molecular flexibility index (Phi) is 4.55. The number of rotatable bonds is 4. The molecule has 1 fully saturated rings. The molecule has 26 heavy (non-hydrogen) atoms. The number of piperidine rings is 1. The summed E-state index contributed by atoms with van der Waals surface area (Å²) in [6.45, 7) is 1.47. The van der Waals surface area contributed by atoms with E-state index >= 15 is 0 Å². The predicted octanol–water partition coefficient (Wildman–Crippen LogP) is 2.12. The van der Waals surface area contributed by atoms with Crippen molar-refractivity contribution < 1.29 is 4.79 Å². The predicted molar refractivity (Wildman–Crippen MR) is 97.4 cm³/mol. The first-order valence-electron chi connectivity index (χ1n) is 8.59. The van der Waals surface area contributed by atoms with E-state index in [1.165, 1.54) is 0 Å². The molecule has 2 N–H and O–H groups in total. The summed E-state index contributed by atoms with van der Waals surface area (Å²) in [5.41, 5.74) is 0.734. The van der Waals surface area contributed by atoms with Gasteiger partial charge in [-0.3, -0.25) is 9.78 Å². The molecule has 1 atom stereocenters. The molecular weight excluding hydrogens is 330 g/mol. The van der Waals surface area contributed by atoms with Gasteiger partial charge in [0.2, 0.25) is 11.9 Å². The van der Waals surface area contributed by atoms with E-state index < -0.39 is 0 Å². The second-order valence-electron chi connectivity index (χ2n) is 6.18. The molecule has 3 aromatic heterocycles. The fourth-order valence-corrected chi connectivity index (χ4v) is 3.08. The molecule has 1 aliphatic rings. The van der Waals surface area contributed by atoms with Crippen molar-refractivity contribution >= 4 is 17.7 Å². The highest BCUT2D eigenvalue weighted by molar-refractivity contribution is 5.92. The number of pyridine rings is 1. The lowest BCUT2D eigenvalue weighted by Gasteiger charge is -2.31. The molecule has 0 spiro atoms. The van der Waals surface area contributed by atoms with Crippen LogP contribution >= 0.6 is 0 Å². The van der Waals surface area contributed by atoms with Gasteiger partial charge in [0, 0.05) is 31.7 Å². The summed E-state index contributed by atoms with van der Waals surface area (Å²) in [4.78, 5) is 34.9.